The van der Waals surface area contributed by atoms with Gasteiger partial charge in [-0.05, 0) is 61.9 Å². The summed E-state index contributed by atoms with van der Waals surface area (Å²) >= 11 is 0. The van der Waals surface area contributed by atoms with Gasteiger partial charge in [0.2, 0.25) is 0 Å². The number of hydrogen-bond acceptors (Lipinski definition) is 3. The first-order chi connectivity index (χ1) is 13.7. The van der Waals surface area contributed by atoms with Crippen LogP contribution in [-0.2, 0) is 21.8 Å². The zero-order valence-corrected chi connectivity index (χ0v) is 18.6. The van der Waals surface area contributed by atoms with E-state index in [-0.39, 0.29) is 5.41 Å². The van der Waals surface area contributed by atoms with Gasteiger partial charge in [0.15, 0.2) is 15.8 Å². The Kier molecular flexibility index (Phi) is 6.32. The van der Waals surface area contributed by atoms with Crippen LogP contribution >= 0.6 is 0 Å². The Morgan fingerprint density at radius 1 is 1.07 bits per heavy atom. The molecule has 0 amide bonds. The predicted molar refractivity (Wildman–Crippen MR) is 119 cm³/mol. The van der Waals surface area contributed by atoms with E-state index in [9.17, 15) is 8.42 Å². The van der Waals surface area contributed by atoms with E-state index in [0.29, 0.717) is 11.4 Å². The second kappa shape index (κ2) is 8.57. The van der Waals surface area contributed by atoms with Crippen LogP contribution in [0, 0.1) is 13.8 Å². The van der Waals surface area contributed by atoms with Crippen LogP contribution in [0.1, 0.15) is 42.0 Å². The van der Waals surface area contributed by atoms with Crippen LogP contribution in [0.2, 0.25) is 0 Å². The molecule has 0 atom stereocenters. The fraction of sp³-hybridized carbons (Fsp3) is 0.435. The van der Waals surface area contributed by atoms with Crippen molar-refractivity contribution in [3.63, 3.8) is 0 Å². The summed E-state index contributed by atoms with van der Waals surface area (Å²) in [7, 11) is -3.20. The summed E-state index contributed by atoms with van der Waals surface area (Å²) in [6.07, 6.45) is 3.62. The second-order valence-corrected chi connectivity index (χ2v) is 10.0. The van der Waals surface area contributed by atoms with E-state index in [0.717, 1.165) is 30.2 Å². The van der Waals surface area contributed by atoms with Crippen molar-refractivity contribution in [1.29, 1.82) is 0 Å². The maximum atomic E-state index is 11.8. The van der Waals surface area contributed by atoms with E-state index in [1.54, 1.807) is 6.07 Å². The van der Waals surface area contributed by atoms with Crippen LogP contribution in [0.4, 0.5) is 0 Å². The van der Waals surface area contributed by atoms with Gasteiger partial charge in [0.05, 0.1) is 11.4 Å². The molecule has 29 heavy (non-hydrogen) atoms. The largest absolute Gasteiger partial charge is 0.357 e. The Bertz CT molecular complexity index is 1010. The van der Waals surface area contributed by atoms with Gasteiger partial charge in [-0.25, -0.2) is 13.4 Å². The first-order valence-corrected chi connectivity index (χ1v) is 12.0. The maximum Gasteiger partial charge on any atom is 0.191 e. The first kappa shape index (κ1) is 21.4. The molecular formula is C23H31N3O2S. The molecule has 0 unspecified atom stereocenters. The summed E-state index contributed by atoms with van der Waals surface area (Å²) in [6, 6.07) is 14.0. The Morgan fingerprint density at radius 3 is 2.38 bits per heavy atom. The minimum atomic E-state index is -3.20. The lowest BCUT2D eigenvalue weighted by molar-refractivity contribution is 0.601. The maximum absolute atomic E-state index is 11.8. The van der Waals surface area contributed by atoms with E-state index >= 15 is 0 Å². The lowest BCUT2D eigenvalue weighted by Crippen LogP contribution is -2.41. The fourth-order valence-electron chi connectivity index (χ4n) is 3.85. The number of benzene rings is 2. The zero-order chi connectivity index (χ0) is 21.1. The third-order valence-electron chi connectivity index (χ3n) is 5.57. The molecule has 3 rings (SSSR count). The van der Waals surface area contributed by atoms with Gasteiger partial charge in [0, 0.05) is 24.8 Å². The van der Waals surface area contributed by atoms with Crippen molar-refractivity contribution in [2.45, 2.75) is 50.5 Å². The molecule has 1 aliphatic rings. The van der Waals surface area contributed by atoms with Crippen molar-refractivity contribution in [3.05, 3.63) is 64.7 Å². The minimum absolute atomic E-state index is 0.204. The van der Waals surface area contributed by atoms with Crippen molar-refractivity contribution in [1.82, 2.24) is 10.6 Å². The molecule has 2 aromatic rings. The van der Waals surface area contributed by atoms with Gasteiger partial charge in [0.25, 0.3) is 0 Å². The highest BCUT2D eigenvalue weighted by Gasteiger charge is 2.44. The molecular weight excluding hydrogens is 382 g/mol. The van der Waals surface area contributed by atoms with E-state index in [1.807, 2.05) is 19.1 Å². The minimum Gasteiger partial charge on any atom is -0.357 e. The normalized spacial score (nSPS) is 15.8. The van der Waals surface area contributed by atoms with Gasteiger partial charge in [-0.2, -0.15) is 0 Å². The summed E-state index contributed by atoms with van der Waals surface area (Å²) < 4.78 is 23.6. The molecule has 0 bridgehead atoms. The molecule has 2 aromatic carbocycles. The average Bonchev–Trinajstić information content (AvgIpc) is 3.44. The summed E-state index contributed by atoms with van der Waals surface area (Å²) in [5.74, 6) is 0.789. The van der Waals surface area contributed by atoms with Crippen LogP contribution in [0.25, 0.3) is 0 Å². The highest BCUT2D eigenvalue weighted by Crippen LogP contribution is 2.48. The van der Waals surface area contributed by atoms with Crippen LogP contribution in [0.3, 0.4) is 0 Å². The highest BCUT2D eigenvalue weighted by molar-refractivity contribution is 7.90. The first-order valence-electron chi connectivity index (χ1n) is 10.1. The summed E-state index contributed by atoms with van der Waals surface area (Å²) in [4.78, 5) is 5.09. The Hall–Kier alpha value is -2.34. The van der Waals surface area contributed by atoms with Gasteiger partial charge in [-0.3, -0.25) is 0 Å². The van der Waals surface area contributed by atoms with Crippen LogP contribution in [-0.4, -0.2) is 33.7 Å². The number of sulfone groups is 1. The monoisotopic (exact) mass is 413 g/mol. The molecule has 0 radical (unpaired) electrons. The number of aliphatic imine (C=N–C) groups is 1. The molecule has 2 N–H and O–H groups in total. The van der Waals surface area contributed by atoms with Gasteiger partial charge in [-0.1, -0.05) is 36.4 Å². The lowest BCUT2D eigenvalue weighted by Gasteiger charge is -2.20. The summed E-state index contributed by atoms with van der Waals surface area (Å²) in [6.45, 7) is 8.20. The SMILES string of the molecule is CCNC(=NCc1ccc(S(C)(=O)=O)c(C)c1)NCC1(c2ccccc2C)CC1. The van der Waals surface area contributed by atoms with E-state index in [2.05, 4.69) is 48.7 Å². The number of aryl methyl sites for hydroxylation is 2. The molecule has 0 heterocycles. The number of nitrogens with one attached hydrogen (secondary N) is 2. The zero-order valence-electron chi connectivity index (χ0n) is 17.7. The number of hydrogen-bond donors (Lipinski definition) is 2. The standard InChI is InChI=1S/C23H31N3O2S/c1-5-24-22(25-15-19-10-11-21(18(3)14-19)29(4,27)28)26-16-23(12-13-23)20-9-7-6-8-17(20)2/h6-11,14H,5,12-13,15-16H2,1-4H3,(H2,24,25,26). The van der Waals surface area contributed by atoms with E-state index < -0.39 is 9.84 Å². The van der Waals surface area contributed by atoms with Gasteiger partial charge in [0.1, 0.15) is 0 Å². The van der Waals surface area contributed by atoms with E-state index in [4.69, 9.17) is 4.99 Å². The smallest absolute Gasteiger partial charge is 0.191 e. The topological polar surface area (TPSA) is 70.6 Å². The highest BCUT2D eigenvalue weighted by atomic mass is 32.2. The molecule has 0 aliphatic heterocycles. The van der Waals surface area contributed by atoms with Crippen molar-refractivity contribution >= 4 is 15.8 Å². The third kappa shape index (κ3) is 5.18. The molecule has 1 fully saturated rings. The van der Waals surface area contributed by atoms with Crippen molar-refractivity contribution in [2.75, 3.05) is 19.3 Å². The molecule has 6 heteroatoms. The molecule has 0 saturated heterocycles. The third-order valence-corrected chi connectivity index (χ3v) is 6.82. The summed E-state index contributed by atoms with van der Waals surface area (Å²) in [5, 5.41) is 6.83. The Labute approximate surface area is 174 Å². The van der Waals surface area contributed by atoms with E-state index in [1.165, 1.54) is 30.2 Å². The van der Waals surface area contributed by atoms with Crippen molar-refractivity contribution in [2.24, 2.45) is 4.99 Å². The molecule has 0 aromatic heterocycles. The molecule has 1 aliphatic carbocycles. The van der Waals surface area contributed by atoms with Crippen LogP contribution in [0.15, 0.2) is 52.4 Å². The van der Waals surface area contributed by atoms with Crippen LogP contribution in [0.5, 0.6) is 0 Å². The van der Waals surface area contributed by atoms with Crippen LogP contribution < -0.4 is 10.6 Å². The molecule has 1 saturated carbocycles. The average molecular weight is 414 g/mol. The number of nitrogens with zero attached hydrogens (tertiary/aromatic N) is 1. The lowest BCUT2D eigenvalue weighted by atomic mass is 9.92. The quantitative estimate of drug-likeness (QED) is 0.538. The summed E-state index contributed by atoms with van der Waals surface area (Å²) in [5.41, 5.74) is 4.72. The van der Waals surface area contributed by atoms with Gasteiger partial charge >= 0.3 is 0 Å². The Morgan fingerprint density at radius 2 is 1.79 bits per heavy atom. The van der Waals surface area contributed by atoms with Gasteiger partial charge < -0.3 is 10.6 Å². The Balaban J connectivity index is 1.70. The number of guanidine groups is 1. The second-order valence-electron chi connectivity index (χ2n) is 8.02. The van der Waals surface area contributed by atoms with Crippen molar-refractivity contribution < 1.29 is 8.42 Å². The number of rotatable bonds is 7. The van der Waals surface area contributed by atoms with Gasteiger partial charge in [-0.15, -0.1) is 0 Å². The predicted octanol–water partition coefficient (Wildman–Crippen LogP) is 3.49. The fourth-order valence-corrected chi connectivity index (χ4v) is 4.81. The van der Waals surface area contributed by atoms with Crippen molar-refractivity contribution in [3.8, 4) is 0 Å². The molecule has 5 nitrogen and oxygen atoms in total. The molecule has 156 valence electrons. The molecule has 0 spiro atoms.